The van der Waals surface area contributed by atoms with Gasteiger partial charge in [-0.15, -0.1) is 6.58 Å². The maximum Gasteiger partial charge on any atom is 0.200 e. The molecule has 0 aliphatic carbocycles. The second-order valence-corrected chi connectivity index (χ2v) is 2.93. The van der Waals surface area contributed by atoms with Crippen molar-refractivity contribution < 1.29 is 9.57 Å². The summed E-state index contributed by atoms with van der Waals surface area (Å²) in [4.78, 5) is 4.97. The molecule has 3 nitrogen and oxygen atoms in total. The lowest BCUT2D eigenvalue weighted by Crippen LogP contribution is -1.91. The predicted molar refractivity (Wildman–Crippen MR) is 62.5 cm³/mol. The van der Waals surface area contributed by atoms with Crippen LogP contribution >= 0.6 is 12.2 Å². The first-order valence-corrected chi connectivity index (χ1v) is 4.74. The van der Waals surface area contributed by atoms with E-state index in [1.54, 1.807) is 13.2 Å². The van der Waals surface area contributed by atoms with E-state index in [9.17, 15) is 0 Å². The molecule has 78 valence electrons. The van der Waals surface area contributed by atoms with Crippen molar-refractivity contribution in [1.29, 1.82) is 0 Å². The minimum Gasteiger partial charge on any atom is -0.493 e. The normalized spacial score (nSPS) is 8.87. The van der Waals surface area contributed by atoms with E-state index in [-0.39, 0.29) is 0 Å². The fourth-order valence-corrected chi connectivity index (χ4v) is 1.19. The summed E-state index contributed by atoms with van der Waals surface area (Å²) < 4.78 is 5.15. The molecule has 4 heteroatoms. The molecule has 0 saturated heterocycles. The Morgan fingerprint density at radius 2 is 2.33 bits per heavy atom. The average molecular weight is 221 g/mol. The SMILES string of the molecule is C=CCc1ccc(ON=C=S)c(OC)c1. The third-order valence-corrected chi connectivity index (χ3v) is 1.86. The summed E-state index contributed by atoms with van der Waals surface area (Å²) in [7, 11) is 1.57. The standard InChI is InChI=1S/C11H11NO2S/c1-3-4-9-5-6-10(14-12-8-15)11(7-9)13-2/h3,5-7H,1,4H2,2H3. The van der Waals surface area contributed by atoms with Crippen LogP contribution in [0, 0.1) is 0 Å². The summed E-state index contributed by atoms with van der Waals surface area (Å²) in [6.07, 6.45) is 2.61. The van der Waals surface area contributed by atoms with E-state index in [4.69, 9.17) is 9.57 Å². The Bertz CT molecular complexity index is 398. The largest absolute Gasteiger partial charge is 0.493 e. The van der Waals surface area contributed by atoms with Crippen molar-refractivity contribution in [2.75, 3.05) is 7.11 Å². The zero-order valence-electron chi connectivity index (χ0n) is 8.40. The molecule has 0 atom stereocenters. The monoisotopic (exact) mass is 221 g/mol. The Balaban J connectivity index is 2.97. The maximum absolute atomic E-state index is 5.15. The molecule has 0 N–H and O–H groups in total. The fourth-order valence-electron chi connectivity index (χ4n) is 1.15. The smallest absolute Gasteiger partial charge is 0.200 e. The van der Waals surface area contributed by atoms with Gasteiger partial charge in [0.2, 0.25) is 5.75 Å². The van der Waals surface area contributed by atoms with Gasteiger partial charge in [-0.1, -0.05) is 12.1 Å². The highest BCUT2D eigenvalue weighted by Crippen LogP contribution is 2.28. The number of ether oxygens (including phenoxy) is 1. The van der Waals surface area contributed by atoms with Gasteiger partial charge >= 0.3 is 0 Å². The van der Waals surface area contributed by atoms with Crippen LogP contribution in [-0.4, -0.2) is 12.3 Å². The Hall–Kier alpha value is -1.64. The van der Waals surface area contributed by atoms with E-state index in [2.05, 4.69) is 29.1 Å². The second-order valence-electron chi connectivity index (χ2n) is 2.75. The van der Waals surface area contributed by atoms with Crippen molar-refractivity contribution in [3.05, 3.63) is 36.4 Å². The molecule has 0 aliphatic heterocycles. The molecule has 0 unspecified atom stereocenters. The molecule has 0 aliphatic rings. The minimum atomic E-state index is 0.516. The van der Waals surface area contributed by atoms with Crippen molar-refractivity contribution >= 4 is 17.4 Å². The summed E-state index contributed by atoms with van der Waals surface area (Å²) in [5.74, 6) is 1.13. The average Bonchev–Trinajstić information content (AvgIpc) is 2.27. The van der Waals surface area contributed by atoms with Crippen molar-refractivity contribution in [1.82, 2.24) is 0 Å². The lowest BCUT2D eigenvalue weighted by atomic mass is 10.1. The van der Waals surface area contributed by atoms with Gasteiger partial charge in [0.1, 0.15) is 5.16 Å². The number of benzene rings is 1. The fraction of sp³-hybridized carbons (Fsp3) is 0.182. The summed E-state index contributed by atoms with van der Waals surface area (Å²) in [6.45, 7) is 3.67. The highest BCUT2D eigenvalue weighted by Gasteiger charge is 2.04. The molecule has 1 rings (SSSR count). The first-order chi connectivity index (χ1) is 7.31. The van der Waals surface area contributed by atoms with Gasteiger partial charge in [-0.05, 0) is 41.5 Å². The summed E-state index contributed by atoms with van der Waals surface area (Å²) in [5.41, 5.74) is 1.10. The van der Waals surface area contributed by atoms with E-state index < -0.39 is 0 Å². The van der Waals surface area contributed by atoms with Gasteiger partial charge in [-0.25, -0.2) is 0 Å². The van der Waals surface area contributed by atoms with E-state index >= 15 is 0 Å². The summed E-state index contributed by atoms with van der Waals surface area (Å²) in [5, 5.41) is 5.51. The number of isothiocyanates is 1. The number of hydrogen-bond donors (Lipinski definition) is 0. The number of allylic oxidation sites excluding steroid dienone is 1. The van der Waals surface area contributed by atoms with Crippen LogP contribution in [-0.2, 0) is 6.42 Å². The van der Waals surface area contributed by atoms with Crippen LogP contribution in [0.1, 0.15) is 5.56 Å². The second kappa shape index (κ2) is 5.96. The quantitative estimate of drug-likeness (QED) is 0.331. The van der Waals surface area contributed by atoms with Crippen molar-refractivity contribution in [3.63, 3.8) is 0 Å². The molecule has 0 aromatic heterocycles. The Kier molecular flexibility index (Phi) is 4.54. The van der Waals surface area contributed by atoms with Gasteiger partial charge in [-0.3, -0.25) is 0 Å². The molecular formula is C11H11NO2S. The van der Waals surface area contributed by atoms with Crippen LogP contribution in [0.25, 0.3) is 0 Å². The van der Waals surface area contributed by atoms with Crippen LogP contribution in [0.3, 0.4) is 0 Å². The summed E-state index contributed by atoms with van der Waals surface area (Å²) >= 11 is 4.40. The number of hydrogen-bond acceptors (Lipinski definition) is 4. The number of methoxy groups -OCH3 is 1. The van der Waals surface area contributed by atoms with Crippen LogP contribution in [0.15, 0.2) is 36.0 Å². The van der Waals surface area contributed by atoms with Gasteiger partial charge in [0.25, 0.3) is 0 Å². The predicted octanol–water partition coefficient (Wildman–Crippen LogP) is 2.82. The number of rotatable bonds is 5. The third-order valence-electron chi connectivity index (χ3n) is 1.79. The Morgan fingerprint density at radius 3 is 2.93 bits per heavy atom. The van der Waals surface area contributed by atoms with Gasteiger partial charge in [0.05, 0.1) is 7.11 Å². The highest BCUT2D eigenvalue weighted by molar-refractivity contribution is 7.78. The molecule has 0 fully saturated rings. The number of thiocarbonyl (C=S) groups is 1. The highest BCUT2D eigenvalue weighted by atomic mass is 32.1. The van der Waals surface area contributed by atoms with Gasteiger partial charge in [-0.2, -0.15) is 0 Å². The van der Waals surface area contributed by atoms with Gasteiger partial charge < -0.3 is 9.57 Å². The van der Waals surface area contributed by atoms with Crippen LogP contribution < -0.4 is 9.57 Å². The zero-order valence-corrected chi connectivity index (χ0v) is 9.21. The van der Waals surface area contributed by atoms with Gasteiger partial charge in [0, 0.05) is 0 Å². The lowest BCUT2D eigenvalue weighted by molar-refractivity contribution is 0.313. The summed E-state index contributed by atoms with van der Waals surface area (Å²) in [6, 6.07) is 5.56. The van der Waals surface area contributed by atoms with Crippen molar-refractivity contribution in [2.24, 2.45) is 5.16 Å². The Morgan fingerprint density at radius 1 is 1.53 bits per heavy atom. The zero-order chi connectivity index (χ0) is 11.1. The van der Waals surface area contributed by atoms with E-state index in [0.717, 1.165) is 12.0 Å². The van der Waals surface area contributed by atoms with Gasteiger partial charge in [0.15, 0.2) is 5.75 Å². The molecule has 1 aromatic carbocycles. The first kappa shape index (κ1) is 11.4. The van der Waals surface area contributed by atoms with Crippen LogP contribution in [0.4, 0.5) is 0 Å². The molecule has 0 amide bonds. The molecule has 1 aromatic rings. The molecule has 0 radical (unpaired) electrons. The number of nitrogens with zero attached hydrogens (tertiary/aromatic N) is 1. The minimum absolute atomic E-state index is 0.516. The molecule has 15 heavy (non-hydrogen) atoms. The maximum atomic E-state index is 5.15. The lowest BCUT2D eigenvalue weighted by Gasteiger charge is -2.06. The third kappa shape index (κ3) is 3.20. The van der Waals surface area contributed by atoms with E-state index in [0.29, 0.717) is 11.5 Å². The topological polar surface area (TPSA) is 30.8 Å². The van der Waals surface area contributed by atoms with Crippen molar-refractivity contribution in [2.45, 2.75) is 6.42 Å². The van der Waals surface area contributed by atoms with Crippen LogP contribution in [0.2, 0.25) is 0 Å². The molecule has 0 heterocycles. The molecule has 0 bridgehead atoms. The van der Waals surface area contributed by atoms with Crippen LogP contribution in [0.5, 0.6) is 11.5 Å². The molecular weight excluding hydrogens is 210 g/mol. The molecule has 0 saturated carbocycles. The van der Waals surface area contributed by atoms with E-state index in [1.165, 1.54) is 0 Å². The van der Waals surface area contributed by atoms with E-state index in [1.807, 2.05) is 18.2 Å². The molecule has 0 spiro atoms. The Labute approximate surface area is 94.0 Å². The first-order valence-electron chi connectivity index (χ1n) is 4.33. The van der Waals surface area contributed by atoms with Crippen molar-refractivity contribution in [3.8, 4) is 11.5 Å².